The average Bonchev–Trinajstić information content (AvgIpc) is 3.15. The van der Waals surface area contributed by atoms with E-state index in [1.807, 2.05) is 6.20 Å². The fraction of sp³-hybridized carbons (Fsp3) is 0.250. The van der Waals surface area contributed by atoms with Crippen LogP contribution in [0, 0.1) is 6.92 Å². The van der Waals surface area contributed by atoms with Crippen molar-refractivity contribution in [2.45, 2.75) is 32.6 Å². The Bertz CT molecular complexity index is 1350. The number of hydrogen-bond acceptors (Lipinski definition) is 3. The molecule has 0 atom stereocenters. The largest absolute Gasteiger partial charge is 0.416 e. The number of aryl methyl sites for hydroxylation is 1. The maximum atomic E-state index is 12.8. The van der Waals surface area contributed by atoms with Gasteiger partial charge in [-0.05, 0) is 36.8 Å². The molecular weight excluding hydrogens is 417 g/mol. The number of hydrogen-bond donors (Lipinski definition) is 2. The van der Waals surface area contributed by atoms with Gasteiger partial charge in [0.05, 0.1) is 16.8 Å². The van der Waals surface area contributed by atoms with E-state index in [0.29, 0.717) is 42.2 Å². The molecule has 4 aromatic rings. The Morgan fingerprint density at radius 2 is 1.91 bits per heavy atom. The van der Waals surface area contributed by atoms with Crippen molar-refractivity contribution in [3.05, 3.63) is 87.0 Å². The van der Waals surface area contributed by atoms with Crippen LogP contribution in [0.25, 0.3) is 22.3 Å². The van der Waals surface area contributed by atoms with Gasteiger partial charge in [-0.15, -0.1) is 0 Å². The van der Waals surface area contributed by atoms with Gasteiger partial charge in [-0.2, -0.15) is 13.2 Å². The topological polar surface area (TPSA) is 64.8 Å². The number of rotatable bonds is 3. The summed E-state index contributed by atoms with van der Waals surface area (Å²) in [5, 5.41) is 1.18. The van der Waals surface area contributed by atoms with Crippen molar-refractivity contribution in [1.82, 2.24) is 19.9 Å². The van der Waals surface area contributed by atoms with Crippen LogP contribution in [0.1, 0.15) is 27.9 Å². The van der Waals surface area contributed by atoms with Crippen molar-refractivity contribution in [2.24, 2.45) is 0 Å². The van der Waals surface area contributed by atoms with Crippen LogP contribution in [0.4, 0.5) is 13.2 Å². The molecule has 0 unspecified atom stereocenters. The van der Waals surface area contributed by atoms with Crippen molar-refractivity contribution < 1.29 is 13.2 Å². The summed E-state index contributed by atoms with van der Waals surface area (Å²) in [4.78, 5) is 25.6. The van der Waals surface area contributed by atoms with Gasteiger partial charge in [0.25, 0.3) is 5.56 Å². The summed E-state index contributed by atoms with van der Waals surface area (Å²) in [5.41, 5.74) is 4.25. The minimum Gasteiger partial charge on any atom is -0.361 e. The van der Waals surface area contributed by atoms with E-state index in [4.69, 9.17) is 0 Å². The number of aromatic nitrogens is 3. The molecule has 2 N–H and O–H groups in total. The van der Waals surface area contributed by atoms with Crippen LogP contribution in [0.15, 0.2) is 53.5 Å². The molecule has 8 heteroatoms. The lowest BCUT2D eigenvalue weighted by molar-refractivity contribution is -0.137. The predicted molar refractivity (Wildman–Crippen MR) is 116 cm³/mol. The average molecular weight is 438 g/mol. The first kappa shape index (κ1) is 20.5. The highest BCUT2D eigenvalue weighted by atomic mass is 19.4. The molecule has 0 saturated heterocycles. The quantitative estimate of drug-likeness (QED) is 0.483. The minimum atomic E-state index is -4.40. The number of fused-ring (bicyclic) bond motifs is 2. The summed E-state index contributed by atoms with van der Waals surface area (Å²) in [7, 11) is 0. The minimum absolute atomic E-state index is 0.246. The molecular formula is C24H21F3N4O. The summed E-state index contributed by atoms with van der Waals surface area (Å²) in [5.74, 6) is 0.294. The maximum absolute atomic E-state index is 12.8. The molecule has 164 valence electrons. The highest BCUT2D eigenvalue weighted by Crippen LogP contribution is 2.30. The van der Waals surface area contributed by atoms with Gasteiger partial charge in [0.2, 0.25) is 0 Å². The summed E-state index contributed by atoms with van der Waals surface area (Å²) in [6, 6.07) is 11.0. The van der Waals surface area contributed by atoms with Crippen LogP contribution in [0.3, 0.4) is 0 Å². The van der Waals surface area contributed by atoms with Crippen molar-refractivity contribution >= 4 is 10.9 Å². The van der Waals surface area contributed by atoms with Crippen molar-refractivity contribution in [1.29, 1.82) is 0 Å². The third-order valence-electron chi connectivity index (χ3n) is 5.95. The van der Waals surface area contributed by atoms with E-state index in [1.165, 1.54) is 28.6 Å². The van der Waals surface area contributed by atoms with E-state index in [-0.39, 0.29) is 5.56 Å². The summed E-state index contributed by atoms with van der Waals surface area (Å²) in [6.45, 7) is 3.99. The summed E-state index contributed by atoms with van der Waals surface area (Å²) >= 11 is 0. The number of aromatic amines is 2. The van der Waals surface area contributed by atoms with E-state index in [0.717, 1.165) is 24.2 Å². The summed E-state index contributed by atoms with van der Waals surface area (Å²) < 4.78 is 38.4. The highest BCUT2D eigenvalue weighted by Gasteiger charge is 2.30. The van der Waals surface area contributed by atoms with Crippen LogP contribution in [0.2, 0.25) is 0 Å². The van der Waals surface area contributed by atoms with Crippen molar-refractivity contribution in [3.8, 4) is 11.4 Å². The Hall–Kier alpha value is -3.39. The number of benzene rings is 2. The van der Waals surface area contributed by atoms with Gasteiger partial charge < -0.3 is 9.97 Å². The van der Waals surface area contributed by atoms with Gasteiger partial charge >= 0.3 is 6.18 Å². The van der Waals surface area contributed by atoms with Crippen LogP contribution in [0.5, 0.6) is 0 Å². The Kier molecular flexibility index (Phi) is 4.89. The van der Waals surface area contributed by atoms with Gasteiger partial charge in [0.1, 0.15) is 5.82 Å². The van der Waals surface area contributed by atoms with Crippen molar-refractivity contribution in [2.75, 3.05) is 6.54 Å². The van der Waals surface area contributed by atoms with E-state index in [9.17, 15) is 18.0 Å². The zero-order valence-electron chi connectivity index (χ0n) is 17.4. The smallest absolute Gasteiger partial charge is 0.361 e. The SMILES string of the molecule is Cc1ccc2[nH]cc(CN3CCc4nc(-c5ccc(C(F)(F)F)cc5)[nH]c(=O)c4C3)c2c1. The lowest BCUT2D eigenvalue weighted by atomic mass is 10.0. The molecule has 2 aromatic carbocycles. The number of nitrogens with one attached hydrogen (secondary N) is 2. The molecule has 0 bridgehead atoms. The van der Waals surface area contributed by atoms with E-state index in [2.05, 4.69) is 45.0 Å². The highest BCUT2D eigenvalue weighted by molar-refractivity contribution is 5.83. The molecule has 0 saturated carbocycles. The Morgan fingerprint density at radius 1 is 1.12 bits per heavy atom. The van der Waals surface area contributed by atoms with E-state index in [1.54, 1.807) is 0 Å². The molecule has 0 amide bonds. The zero-order chi connectivity index (χ0) is 22.5. The molecule has 5 nitrogen and oxygen atoms in total. The molecule has 1 aliphatic rings. The fourth-order valence-corrected chi connectivity index (χ4v) is 4.23. The normalized spacial score (nSPS) is 14.6. The second-order valence-corrected chi connectivity index (χ2v) is 8.24. The lowest BCUT2D eigenvalue weighted by Gasteiger charge is -2.27. The first-order valence-corrected chi connectivity index (χ1v) is 10.4. The number of halogens is 3. The van der Waals surface area contributed by atoms with Gasteiger partial charge in [-0.3, -0.25) is 9.69 Å². The monoisotopic (exact) mass is 438 g/mol. The fourth-order valence-electron chi connectivity index (χ4n) is 4.23. The predicted octanol–water partition coefficient (Wildman–Crippen LogP) is 4.80. The molecule has 1 aliphatic heterocycles. The molecule has 32 heavy (non-hydrogen) atoms. The first-order valence-electron chi connectivity index (χ1n) is 10.4. The molecule has 0 aliphatic carbocycles. The maximum Gasteiger partial charge on any atom is 0.416 e. The van der Waals surface area contributed by atoms with Crippen LogP contribution in [-0.2, 0) is 25.7 Å². The standard InChI is InChI=1S/C24H21F3N4O/c1-14-2-7-20-18(10-14)16(11-28-20)12-31-9-8-21-19(13-31)23(32)30-22(29-21)15-3-5-17(6-4-15)24(25,26)27/h2-7,10-11,28H,8-9,12-13H2,1H3,(H,29,30,32). The molecule has 2 aromatic heterocycles. The molecule has 5 rings (SSSR count). The molecule has 0 fully saturated rings. The second kappa shape index (κ2) is 7.63. The second-order valence-electron chi connectivity index (χ2n) is 8.24. The molecule has 3 heterocycles. The van der Waals surface area contributed by atoms with Gasteiger partial charge in [-0.25, -0.2) is 4.98 Å². The Balaban J connectivity index is 1.38. The number of nitrogens with zero attached hydrogens (tertiary/aromatic N) is 2. The van der Waals surface area contributed by atoms with Crippen LogP contribution < -0.4 is 5.56 Å². The van der Waals surface area contributed by atoms with Crippen LogP contribution >= 0.6 is 0 Å². The number of alkyl halides is 3. The van der Waals surface area contributed by atoms with Crippen molar-refractivity contribution in [3.63, 3.8) is 0 Å². The molecule has 0 spiro atoms. The summed E-state index contributed by atoms with van der Waals surface area (Å²) in [6.07, 6.45) is -1.79. The third-order valence-corrected chi connectivity index (χ3v) is 5.95. The van der Waals surface area contributed by atoms with Gasteiger partial charge in [0, 0.05) is 48.7 Å². The van der Waals surface area contributed by atoms with Crippen LogP contribution in [-0.4, -0.2) is 26.4 Å². The zero-order valence-corrected chi connectivity index (χ0v) is 17.4. The first-order chi connectivity index (χ1) is 15.3. The van der Waals surface area contributed by atoms with Gasteiger partial charge in [-0.1, -0.05) is 23.8 Å². The lowest BCUT2D eigenvalue weighted by Crippen LogP contribution is -2.35. The third kappa shape index (κ3) is 3.82. The van der Waals surface area contributed by atoms with E-state index < -0.39 is 11.7 Å². The van der Waals surface area contributed by atoms with Gasteiger partial charge in [0.15, 0.2) is 0 Å². The Morgan fingerprint density at radius 3 is 2.66 bits per heavy atom. The molecule has 0 radical (unpaired) electrons. The number of H-pyrrole nitrogens is 2. The van der Waals surface area contributed by atoms with E-state index >= 15 is 0 Å². The Labute approximate surface area is 181 Å².